The van der Waals surface area contributed by atoms with Crippen LogP contribution in [-0.4, -0.2) is 18.2 Å². The average molecular weight is 281 g/mol. The van der Waals surface area contributed by atoms with Crippen molar-refractivity contribution in [2.75, 3.05) is 7.11 Å². The topological polar surface area (TPSA) is 70.3 Å². The van der Waals surface area contributed by atoms with Gasteiger partial charge in [0.2, 0.25) is 0 Å². The number of aromatic carboxylic acids is 1. The third kappa shape index (κ3) is 2.72. The zero-order valence-corrected chi connectivity index (χ0v) is 12.1. The van der Waals surface area contributed by atoms with Gasteiger partial charge in [-0.15, -0.1) is 0 Å². The van der Waals surface area contributed by atoms with Gasteiger partial charge in [-0.2, -0.15) is 5.26 Å². The molecular weight excluding hydrogens is 266 g/mol. The summed E-state index contributed by atoms with van der Waals surface area (Å²) >= 11 is 0. The van der Waals surface area contributed by atoms with Gasteiger partial charge in [-0.25, -0.2) is 4.79 Å². The van der Waals surface area contributed by atoms with Crippen LogP contribution in [0.25, 0.3) is 11.1 Å². The van der Waals surface area contributed by atoms with Crippen LogP contribution in [0.1, 0.15) is 27.0 Å². The van der Waals surface area contributed by atoms with Crippen molar-refractivity contribution in [1.82, 2.24) is 0 Å². The third-order valence-corrected chi connectivity index (χ3v) is 3.42. The number of carbonyl (C=O) groups is 1. The molecule has 0 bridgehead atoms. The molecule has 0 radical (unpaired) electrons. The number of nitrogens with zero attached hydrogens (tertiary/aromatic N) is 1. The number of aryl methyl sites for hydroxylation is 2. The highest BCUT2D eigenvalue weighted by molar-refractivity contribution is 5.92. The van der Waals surface area contributed by atoms with Crippen LogP contribution in [0.15, 0.2) is 30.3 Å². The summed E-state index contributed by atoms with van der Waals surface area (Å²) in [5.41, 5.74) is 3.87. The molecule has 0 heterocycles. The summed E-state index contributed by atoms with van der Waals surface area (Å²) in [6.45, 7) is 3.68. The average Bonchev–Trinajstić information content (AvgIpc) is 2.46. The van der Waals surface area contributed by atoms with Crippen molar-refractivity contribution >= 4 is 5.97 Å². The van der Waals surface area contributed by atoms with E-state index in [4.69, 9.17) is 10.00 Å². The molecule has 2 aromatic rings. The summed E-state index contributed by atoms with van der Waals surface area (Å²) in [4.78, 5) is 11.3. The molecule has 0 aromatic heterocycles. The normalized spacial score (nSPS) is 10.0. The Kier molecular flexibility index (Phi) is 3.95. The lowest BCUT2D eigenvalue weighted by atomic mass is 9.93. The molecule has 1 N–H and O–H groups in total. The molecule has 0 amide bonds. The summed E-state index contributed by atoms with van der Waals surface area (Å²) < 4.78 is 5.33. The monoisotopic (exact) mass is 281 g/mol. The molecule has 4 heteroatoms. The molecule has 4 nitrogen and oxygen atoms in total. The number of nitriles is 1. The number of methoxy groups -OCH3 is 1. The molecule has 0 aliphatic heterocycles. The van der Waals surface area contributed by atoms with E-state index in [0.717, 1.165) is 16.7 Å². The van der Waals surface area contributed by atoms with Gasteiger partial charge in [0.1, 0.15) is 5.75 Å². The van der Waals surface area contributed by atoms with Gasteiger partial charge in [0.25, 0.3) is 0 Å². The van der Waals surface area contributed by atoms with Crippen molar-refractivity contribution in [3.8, 4) is 22.9 Å². The molecule has 0 aliphatic carbocycles. The van der Waals surface area contributed by atoms with E-state index in [1.807, 2.05) is 13.0 Å². The van der Waals surface area contributed by atoms with Crippen LogP contribution >= 0.6 is 0 Å². The fraction of sp³-hybridized carbons (Fsp3) is 0.176. The molecule has 0 saturated heterocycles. The van der Waals surface area contributed by atoms with Crippen molar-refractivity contribution in [2.45, 2.75) is 13.8 Å². The summed E-state index contributed by atoms with van der Waals surface area (Å²) in [5, 5.41) is 18.3. The molecule has 0 aliphatic rings. The summed E-state index contributed by atoms with van der Waals surface area (Å²) in [6, 6.07) is 10.6. The van der Waals surface area contributed by atoms with Crippen LogP contribution in [0.4, 0.5) is 0 Å². The molecule has 2 aromatic carbocycles. The van der Waals surface area contributed by atoms with E-state index in [0.29, 0.717) is 16.9 Å². The zero-order chi connectivity index (χ0) is 15.6. The number of rotatable bonds is 3. The van der Waals surface area contributed by atoms with E-state index < -0.39 is 5.97 Å². The molecule has 106 valence electrons. The minimum Gasteiger partial charge on any atom is -0.496 e. The minimum atomic E-state index is -0.968. The first-order valence-electron chi connectivity index (χ1n) is 6.41. The number of benzene rings is 2. The lowest BCUT2D eigenvalue weighted by Crippen LogP contribution is -2.02. The highest BCUT2D eigenvalue weighted by atomic mass is 16.5. The zero-order valence-electron chi connectivity index (χ0n) is 12.1. The number of hydrogen-bond donors (Lipinski definition) is 1. The predicted molar refractivity (Wildman–Crippen MR) is 79.6 cm³/mol. The lowest BCUT2D eigenvalue weighted by molar-refractivity contribution is 0.0696. The van der Waals surface area contributed by atoms with E-state index >= 15 is 0 Å². The fourth-order valence-corrected chi connectivity index (χ4v) is 2.36. The maximum Gasteiger partial charge on any atom is 0.335 e. The van der Waals surface area contributed by atoms with Crippen molar-refractivity contribution in [2.24, 2.45) is 0 Å². The van der Waals surface area contributed by atoms with Gasteiger partial charge < -0.3 is 9.84 Å². The SMILES string of the molecule is COc1ccc(C#N)cc1-c1cc(C(=O)O)c(C)cc1C. The van der Waals surface area contributed by atoms with Crippen LogP contribution in [0.2, 0.25) is 0 Å². The van der Waals surface area contributed by atoms with Crippen LogP contribution < -0.4 is 4.74 Å². The van der Waals surface area contributed by atoms with Gasteiger partial charge in [-0.1, -0.05) is 6.07 Å². The molecule has 2 rings (SSSR count). The number of carboxylic acid groups (broad SMARTS) is 1. The number of ether oxygens (including phenoxy) is 1. The lowest BCUT2D eigenvalue weighted by Gasteiger charge is -2.14. The largest absolute Gasteiger partial charge is 0.496 e. The first-order valence-corrected chi connectivity index (χ1v) is 6.41. The second kappa shape index (κ2) is 5.68. The Morgan fingerprint density at radius 2 is 1.86 bits per heavy atom. The summed E-state index contributed by atoms with van der Waals surface area (Å²) in [6.07, 6.45) is 0. The van der Waals surface area contributed by atoms with Crippen LogP contribution in [0, 0.1) is 25.2 Å². The van der Waals surface area contributed by atoms with Gasteiger partial charge in [-0.3, -0.25) is 0 Å². The van der Waals surface area contributed by atoms with Crippen molar-refractivity contribution in [1.29, 1.82) is 5.26 Å². The Bertz CT molecular complexity index is 757. The van der Waals surface area contributed by atoms with E-state index in [-0.39, 0.29) is 5.56 Å². The molecule has 0 saturated carbocycles. The number of hydrogen-bond acceptors (Lipinski definition) is 3. The molecule has 0 atom stereocenters. The fourth-order valence-electron chi connectivity index (χ4n) is 2.36. The Balaban J connectivity index is 2.75. The second-order valence-electron chi connectivity index (χ2n) is 4.81. The van der Waals surface area contributed by atoms with Crippen LogP contribution in [-0.2, 0) is 0 Å². The van der Waals surface area contributed by atoms with Crippen molar-refractivity contribution in [3.63, 3.8) is 0 Å². The van der Waals surface area contributed by atoms with Crippen LogP contribution in [0.3, 0.4) is 0 Å². The Hall–Kier alpha value is -2.80. The van der Waals surface area contributed by atoms with Gasteiger partial charge in [0.15, 0.2) is 0 Å². The maximum absolute atomic E-state index is 11.3. The highest BCUT2D eigenvalue weighted by Crippen LogP contribution is 2.34. The molecule has 0 spiro atoms. The van der Waals surface area contributed by atoms with E-state index in [2.05, 4.69) is 6.07 Å². The Morgan fingerprint density at radius 3 is 2.43 bits per heavy atom. The standard InChI is InChI=1S/C17H15NO3/c1-10-6-11(2)14(17(19)20)8-13(10)15-7-12(9-18)4-5-16(15)21-3/h4-8H,1-3H3,(H,19,20). The van der Waals surface area contributed by atoms with Gasteiger partial charge in [0, 0.05) is 5.56 Å². The maximum atomic E-state index is 11.3. The van der Waals surface area contributed by atoms with Crippen LogP contribution in [0.5, 0.6) is 5.75 Å². The molecule has 0 unspecified atom stereocenters. The molecule has 21 heavy (non-hydrogen) atoms. The Morgan fingerprint density at radius 1 is 1.14 bits per heavy atom. The number of carboxylic acids is 1. The van der Waals surface area contributed by atoms with Gasteiger partial charge in [0.05, 0.1) is 24.3 Å². The first kappa shape index (κ1) is 14.6. The second-order valence-corrected chi connectivity index (χ2v) is 4.81. The van der Waals surface area contributed by atoms with Crippen molar-refractivity contribution < 1.29 is 14.6 Å². The van der Waals surface area contributed by atoms with Gasteiger partial charge >= 0.3 is 5.97 Å². The smallest absolute Gasteiger partial charge is 0.335 e. The summed E-state index contributed by atoms with van der Waals surface area (Å²) in [5.74, 6) is -0.360. The summed E-state index contributed by atoms with van der Waals surface area (Å²) in [7, 11) is 1.55. The first-order chi connectivity index (χ1) is 9.97. The van der Waals surface area contributed by atoms with E-state index in [1.165, 1.54) is 0 Å². The highest BCUT2D eigenvalue weighted by Gasteiger charge is 2.15. The quantitative estimate of drug-likeness (QED) is 0.934. The van der Waals surface area contributed by atoms with E-state index in [9.17, 15) is 9.90 Å². The van der Waals surface area contributed by atoms with E-state index in [1.54, 1.807) is 38.3 Å². The molecule has 0 fully saturated rings. The molecular formula is C17H15NO3. The van der Waals surface area contributed by atoms with Gasteiger partial charge in [-0.05, 0) is 54.8 Å². The predicted octanol–water partition coefficient (Wildman–Crippen LogP) is 3.55. The van der Waals surface area contributed by atoms with Crippen molar-refractivity contribution in [3.05, 3.63) is 52.6 Å². The third-order valence-electron chi connectivity index (χ3n) is 3.42. The Labute approximate surface area is 123 Å². The minimum absolute atomic E-state index is 0.250.